The van der Waals surface area contributed by atoms with Gasteiger partial charge in [0.25, 0.3) is 0 Å². The Labute approximate surface area is 305 Å². The molecule has 0 N–H and O–H groups in total. The minimum atomic E-state index is 0. The van der Waals surface area contributed by atoms with E-state index in [-0.39, 0.29) is 16.5 Å². The van der Waals surface area contributed by atoms with Gasteiger partial charge in [-0.05, 0) is 37.8 Å². The van der Waals surface area contributed by atoms with Crippen LogP contribution in [0.3, 0.4) is 0 Å². The fourth-order valence-electron chi connectivity index (χ4n) is 3.76. The van der Waals surface area contributed by atoms with Crippen LogP contribution in [0.4, 0.5) is 0 Å². The van der Waals surface area contributed by atoms with Crippen LogP contribution < -0.4 is 0 Å². The number of hydrogen-bond acceptors (Lipinski definition) is 4. The molecule has 0 spiro atoms. The van der Waals surface area contributed by atoms with Crippen LogP contribution in [0.2, 0.25) is 30.1 Å². The van der Waals surface area contributed by atoms with Crippen LogP contribution in [0.25, 0.3) is 0 Å². The molecule has 2 aromatic carbocycles. The monoisotopic (exact) mass is 784 g/mol. The van der Waals surface area contributed by atoms with Gasteiger partial charge in [-0.3, -0.25) is 0 Å². The van der Waals surface area contributed by atoms with Crippen molar-refractivity contribution in [3.05, 3.63) is 42.3 Å². The van der Waals surface area contributed by atoms with Gasteiger partial charge < -0.3 is 55.0 Å². The first-order valence-electron chi connectivity index (χ1n) is 13.2. The first-order chi connectivity index (χ1) is 18.3. The number of benzene rings is 2. The van der Waals surface area contributed by atoms with Gasteiger partial charge in [0.15, 0.2) is 0 Å². The minimum absolute atomic E-state index is 0. The summed E-state index contributed by atoms with van der Waals surface area (Å²) in [5.74, 6) is 0. The van der Waals surface area contributed by atoms with E-state index in [4.69, 9.17) is 120 Å². The Morgan fingerprint density at radius 3 is 0.950 bits per heavy atom. The molecule has 2 aromatic rings. The summed E-state index contributed by atoms with van der Waals surface area (Å²) in [5.41, 5.74) is 0. The maximum atomic E-state index is 5.69. The van der Waals surface area contributed by atoms with Crippen LogP contribution in [0, 0.1) is 0 Å². The van der Waals surface area contributed by atoms with Crippen molar-refractivity contribution in [3.63, 3.8) is 0 Å². The van der Waals surface area contributed by atoms with Gasteiger partial charge in [0, 0.05) is 20.1 Å². The first-order valence-corrected chi connectivity index (χ1v) is 17.1. The number of nitrogens with zero attached hydrogens (tertiary/aromatic N) is 1. The average molecular weight is 788 g/mol. The van der Waals surface area contributed by atoms with Gasteiger partial charge in [-0.1, -0.05) is 123 Å². The van der Waals surface area contributed by atoms with Crippen molar-refractivity contribution in [2.24, 2.45) is 0 Å². The molecular formula is C28H38Cl6NNiS4. The Bertz CT molecular complexity index is 862. The summed E-state index contributed by atoms with van der Waals surface area (Å²) in [4.78, 5) is 1.46. The second-order valence-corrected chi connectivity index (χ2v) is 13.3. The Kier molecular flexibility index (Phi) is 26.0. The first kappa shape index (κ1) is 43.6. The quantitative estimate of drug-likeness (QED) is 0.0909. The van der Waals surface area contributed by atoms with Crippen molar-refractivity contribution in [1.82, 2.24) is 0 Å². The van der Waals surface area contributed by atoms with Crippen LogP contribution in [-0.4, -0.2) is 30.7 Å². The van der Waals surface area contributed by atoms with E-state index in [1.54, 1.807) is 0 Å². The zero-order valence-electron chi connectivity index (χ0n) is 23.3. The van der Waals surface area contributed by atoms with Gasteiger partial charge in [0.2, 0.25) is 0 Å². The van der Waals surface area contributed by atoms with Crippen molar-refractivity contribution >= 4 is 120 Å². The van der Waals surface area contributed by atoms with Crippen molar-refractivity contribution in [2.75, 3.05) is 26.2 Å². The molecule has 0 aliphatic carbocycles. The van der Waals surface area contributed by atoms with Crippen LogP contribution >= 0.6 is 69.6 Å². The molecular weight excluding hydrogens is 750 g/mol. The molecule has 1 nitrogen and oxygen atoms in total. The normalized spacial score (nSPS) is 10.7. The van der Waals surface area contributed by atoms with Crippen LogP contribution in [0.1, 0.15) is 79.1 Å². The van der Waals surface area contributed by atoms with Crippen LogP contribution in [0.15, 0.2) is 31.7 Å². The molecule has 0 heterocycles. The molecule has 1 radical (unpaired) electrons. The smallest absolute Gasteiger partial charge is 0.780 e. The standard InChI is InChI=1S/C16H36N.2C6H3Cl3S2.Ni/c1-5-9-13-17(14-10-6-2,15-11-7-3)16-12-8-4;2*7-2-1-3(8)5(10)6(11)4(2)9;/h5-16H2,1-4H3;2*1,10-11H;/q+1;;;+3/p-4. The molecule has 0 amide bonds. The van der Waals surface area contributed by atoms with E-state index in [9.17, 15) is 0 Å². The van der Waals surface area contributed by atoms with Gasteiger partial charge in [-0.25, -0.2) is 0 Å². The Morgan fingerprint density at radius 2 is 0.725 bits per heavy atom. The van der Waals surface area contributed by atoms with E-state index >= 15 is 0 Å². The fraction of sp³-hybridized carbons (Fsp3) is 0.571. The Morgan fingerprint density at radius 1 is 0.475 bits per heavy atom. The van der Waals surface area contributed by atoms with Crippen molar-refractivity contribution in [1.29, 1.82) is 0 Å². The predicted molar refractivity (Wildman–Crippen MR) is 185 cm³/mol. The fourth-order valence-corrected chi connectivity index (χ4v) is 6.08. The third-order valence-electron chi connectivity index (χ3n) is 6.12. The van der Waals surface area contributed by atoms with Crippen LogP contribution in [-0.2, 0) is 67.0 Å². The zero-order chi connectivity index (χ0) is 30.2. The molecule has 0 unspecified atom stereocenters. The number of rotatable bonds is 12. The Hall–Kier alpha value is 1.51. The summed E-state index contributed by atoms with van der Waals surface area (Å²) in [6.45, 7) is 15.0. The minimum Gasteiger partial charge on any atom is -0.780 e. The number of hydrogen-bond donors (Lipinski definition) is 0. The van der Waals surface area contributed by atoms with E-state index < -0.39 is 0 Å². The van der Waals surface area contributed by atoms with Gasteiger partial charge in [-0.2, -0.15) is 19.6 Å². The molecule has 12 heteroatoms. The molecule has 231 valence electrons. The second kappa shape index (κ2) is 23.8. The maximum absolute atomic E-state index is 5.69. The molecule has 0 aliphatic rings. The summed E-state index contributed by atoms with van der Waals surface area (Å²) < 4.78 is 1.42. The third kappa shape index (κ3) is 15.5. The van der Waals surface area contributed by atoms with Gasteiger partial charge in [-0.15, -0.1) is 0 Å². The van der Waals surface area contributed by atoms with Crippen molar-refractivity contribution in [3.8, 4) is 0 Å². The van der Waals surface area contributed by atoms with Gasteiger partial charge in [0.05, 0.1) is 36.2 Å². The zero-order valence-corrected chi connectivity index (χ0v) is 32.1. The molecule has 0 aliphatic heterocycles. The summed E-state index contributed by atoms with van der Waals surface area (Å²) in [5, 5.41) is 2.04. The average Bonchev–Trinajstić information content (AvgIpc) is 2.92. The molecule has 0 saturated carbocycles. The van der Waals surface area contributed by atoms with E-state index in [1.165, 1.54) is 94.2 Å². The Balaban J connectivity index is 0. The predicted octanol–water partition coefficient (Wildman–Crippen LogP) is 11.9. The maximum Gasteiger partial charge on any atom is 3.00 e. The molecule has 2 rings (SSSR count). The summed E-state index contributed by atoms with van der Waals surface area (Å²) >= 11 is 53.5. The van der Waals surface area contributed by atoms with E-state index in [1.807, 2.05) is 0 Å². The van der Waals surface area contributed by atoms with Crippen molar-refractivity contribution in [2.45, 2.75) is 98.6 Å². The van der Waals surface area contributed by atoms with Crippen LogP contribution in [0.5, 0.6) is 0 Å². The molecule has 0 atom stereocenters. The van der Waals surface area contributed by atoms with E-state index in [2.05, 4.69) is 27.7 Å². The number of quaternary nitrogens is 1. The topological polar surface area (TPSA) is 0 Å². The largest absolute Gasteiger partial charge is 3.00 e. The number of unbranched alkanes of at least 4 members (excludes halogenated alkanes) is 4. The molecule has 40 heavy (non-hydrogen) atoms. The summed E-state index contributed by atoms with van der Waals surface area (Å²) in [6, 6.07) is 2.98. The SMILES string of the molecule is CCCC[N+](CCCC)(CCCC)CCCC.[Ni+3].[S-]c1c(Cl)cc(Cl)c(Cl)c1[S-].[S-]c1c(Cl)cc(Cl)c(Cl)c1[S-]. The van der Waals surface area contributed by atoms with Gasteiger partial charge in [0.1, 0.15) is 0 Å². The second-order valence-electron chi connectivity index (χ2n) is 9.28. The molecule has 0 bridgehead atoms. The third-order valence-corrected chi connectivity index (χ3v) is 10.7. The molecule has 0 aromatic heterocycles. The van der Waals surface area contributed by atoms with E-state index in [0.717, 1.165) is 0 Å². The molecule has 0 fully saturated rings. The van der Waals surface area contributed by atoms with Crippen molar-refractivity contribution < 1.29 is 21.0 Å². The van der Waals surface area contributed by atoms with E-state index in [0.29, 0.717) is 49.7 Å². The summed E-state index contributed by atoms with van der Waals surface area (Å²) in [7, 11) is 0. The number of halogens is 6. The van der Waals surface area contributed by atoms with Gasteiger partial charge >= 0.3 is 16.5 Å². The molecule has 0 saturated heterocycles. The summed E-state index contributed by atoms with van der Waals surface area (Å²) in [6.07, 6.45) is 11.1.